The van der Waals surface area contributed by atoms with E-state index < -0.39 is 6.10 Å². The van der Waals surface area contributed by atoms with Crippen molar-refractivity contribution in [1.82, 2.24) is 0 Å². The highest BCUT2D eigenvalue weighted by Gasteiger charge is 2.66. The summed E-state index contributed by atoms with van der Waals surface area (Å²) in [7, 11) is 0. The van der Waals surface area contributed by atoms with E-state index in [1.165, 1.54) is 5.57 Å². The quantitative estimate of drug-likeness (QED) is 0.425. The van der Waals surface area contributed by atoms with E-state index in [1.807, 2.05) is 0 Å². The molecule has 0 aromatic heterocycles. The molecule has 8 atom stereocenters. The Morgan fingerprint density at radius 3 is 2.29 bits per heavy atom. The maximum absolute atomic E-state index is 12.9. The summed E-state index contributed by atoms with van der Waals surface area (Å²) in [5.41, 5.74) is 4.54. The van der Waals surface area contributed by atoms with Gasteiger partial charge in [0, 0.05) is 11.8 Å². The second-order valence-electron chi connectivity index (χ2n) is 14.0. The second kappa shape index (κ2) is 8.58. The van der Waals surface area contributed by atoms with Crippen molar-refractivity contribution in [3.63, 3.8) is 0 Å². The van der Waals surface area contributed by atoms with Crippen LogP contribution in [0.15, 0.2) is 22.8 Å². The van der Waals surface area contributed by atoms with Crippen LogP contribution in [0.25, 0.3) is 0 Å². The molecule has 0 amide bonds. The number of fused-ring (bicyclic) bond motifs is 4. The van der Waals surface area contributed by atoms with Gasteiger partial charge in [-0.15, -0.1) is 0 Å². The molecule has 2 N–H and O–H groups in total. The van der Waals surface area contributed by atoms with Gasteiger partial charge in [-0.3, -0.25) is 4.79 Å². The first-order valence-electron chi connectivity index (χ1n) is 13.9. The van der Waals surface area contributed by atoms with Crippen LogP contribution in [-0.2, 0) is 4.79 Å². The molecule has 2 saturated carbocycles. The van der Waals surface area contributed by atoms with Crippen LogP contribution in [-0.4, -0.2) is 28.2 Å². The average Bonchev–Trinajstić information content (AvgIpc) is 2.94. The molecular formula is C31H50O3. The molecule has 2 fully saturated rings. The zero-order valence-electron chi connectivity index (χ0n) is 23.1. The Morgan fingerprint density at radius 2 is 1.68 bits per heavy atom. The molecule has 4 aliphatic carbocycles. The van der Waals surface area contributed by atoms with E-state index in [1.54, 1.807) is 18.1 Å². The lowest BCUT2D eigenvalue weighted by atomic mass is 9.43. The summed E-state index contributed by atoms with van der Waals surface area (Å²) in [6.45, 7) is 17.8. The van der Waals surface area contributed by atoms with Gasteiger partial charge >= 0.3 is 0 Å². The predicted molar refractivity (Wildman–Crippen MR) is 139 cm³/mol. The molecule has 0 spiro atoms. The molecule has 0 bridgehead atoms. The van der Waals surface area contributed by atoms with Crippen LogP contribution < -0.4 is 0 Å². The van der Waals surface area contributed by atoms with Crippen LogP contribution in [0.3, 0.4) is 0 Å². The molecule has 0 aromatic rings. The SMILES string of the molecule is CC(=O)[C@@H](CCC=C(C)C)[C@@H]1[C@@H](O)C[C@]2(C)C3=C(CC[C@@]12C)[C@]1(C)CC[C@@H](O)C(C)(C)C1CC3. The number of rotatable bonds is 5. The van der Waals surface area contributed by atoms with E-state index in [0.717, 1.165) is 57.8 Å². The highest BCUT2D eigenvalue weighted by molar-refractivity contribution is 5.79. The first-order chi connectivity index (χ1) is 15.7. The molecule has 0 aliphatic heterocycles. The standard InChI is InChI=1S/C31H50O3/c1-19(2)10-9-11-21(20(3)32)27-24(33)18-31(8)23-12-13-25-28(4,5)26(34)15-16-29(25,6)22(23)14-17-30(27,31)7/h10,21,24-27,33-34H,9,11-18H2,1-8H3/t21-,24+,25?,26-,27-,29+,30+,31-/m1/s1. The smallest absolute Gasteiger partial charge is 0.133 e. The third-order valence-electron chi connectivity index (χ3n) is 11.8. The van der Waals surface area contributed by atoms with Gasteiger partial charge < -0.3 is 10.2 Å². The summed E-state index contributed by atoms with van der Waals surface area (Å²) in [6, 6.07) is 0. The minimum atomic E-state index is -0.419. The number of aliphatic hydroxyl groups is 2. The van der Waals surface area contributed by atoms with Crippen molar-refractivity contribution in [3.8, 4) is 0 Å². The maximum Gasteiger partial charge on any atom is 0.133 e. The first-order valence-corrected chi connectivity index (χ1v) is 13.9. The Morgan fingerprint density at radius 1 is 1.00 bits per heavy atom. The van der Waals surface area contributed by atoms with Gasteiger partial charge in [0.1, 0.15) is 5.78 Å². The molecule has 0 heterocycles. The third kappa shape index (κ3) is 3.62. The Hall–Kier alpha value is -0.930. The van der Waals surface area contributed by atoms with Gasteiger partial charge in [-0.05, 0) is 106 Å². The van der Waals surface area contributed by atoms with Gasteiger partial charge in [-0.2, -0.15) is 0 Å². The number of hydrogen-bond donors (Lipinski definition) is 2. The normalized spacial score (nSPS) is 44.1. The lowest BCUT2D eigenvalue weighted by Gasteiger charge is -2.62. The van der Waals surface area contributed by atoms with Crippen molar-refractivity contribution in [3.05, 3.63) is 22.8 Å². The molecule has 0 saturated heterocycles. The minimum Gasteiger partial charge on any atom is -0.393 e. The van der Waals surface area contributed by atoms with Crippen molar-refractivity contribution in [2.75, 3.05) is 0 Å². The molecule has 4 aliphatic rings. The van der Waals surface area contributed by atoms with Crippen LogP contribution in [0.1, 0.15) is 113 Å². The van der Waals surface area contributed by atoms with Gasteiger partial charge in [0.2, 0.25) is 0 Å². The summed E-state index contributed by atoms with van der Waals surface area (Å²) in [6.07, 6.45) is 10.4. The topological polar surface area (TPSA) is 57.5 Å². The number of ketones is 1. The van der Waals surface area contributed by atoms with E-state index >= 15 is 0 Å². The number of carbonyl (C=O) groups excluding carboxylic acids is 1. The Labute approximate surface area is 208 Å². The number of hydrogen-bond acceptors (Lipinski definition) is 3. The summed E-state index contributed by atoms with van der Waals surface area (Å²) in [5, 5.41) is 22.4. The van der Waals surface area contributed by atoms with Crippen molar-refractivity contribution in [2.45, 2.75) is 125 Å². The zero-order chi connectivity index (χ0) is 25.3. The number of aliphatic hydroxyl groups excluding tert-OH is 2. The number of allylic oxidation sites excluding steroid dienone is 4. The highest BCUT2D eigenvalue weighted by atomic mass is 16.3. The van der Waals surface area contributed by atoms with Gasteiger partial charge in [0.05, 0.1) is 12.2 Å². The Kier molecular flexibility index (Phi) is 6.60. The molecule has 4 rings (SSSR count). The van der Waals surface area contributed by atoms with Crippen LogP contribution in [0, 0.1) is 39.4 Å². The van der Waals surface area contributed by atoms with E-state index in [-0.39, 0.29) is 45.4 Å². The molecule has 192 valence electrons. The third-order valence-corrected chi connectivity index (χ3v) is 11.8. The molecule has 3 heteroatoms. The van der Waals surface area contributed by atoms with Gasteiger partial charge in [-0.25, -0.2) is 0 Å². The minimum absolute atomic E-state index is 0.0322. The van der Waals surface area contributed by atoms with Gasteiger partial charge in [0.15, 0.2) is 0 Å². The van der Waals surface area contributed by atoms with Crippen molar-refractivity contribution >= 4 is 5.78 Å². The zero-order valence-corrected chi connectivity index (χ0v) is 23.1. The highest BCUT2D eigenvalue weighted by Crippen LogP contribution is 2.72. The van der Waals surface area contributed by atoms with Crippen LogP contribution >= 0.6 is 0 Å². The number of carbonyl (C=O) groups is 1. The largest absolute Gasteiger partial charge is 0.393 e. The summed E-state index contributed by atoms with van der Waals surface area (Å²) < 4.78 is 0. The lowest BCUT2D eigenvalue weighted by molar-refractivity contribution is -0.127. The fourth-order valence-corrected chi connectivity index (χ4v) is 9.68. The molecule has 0 aromatic carbocycles. The summed E-state index contributed by atoms with van der Waals surface area (Å²) >= 11 is 0. The van der Waals surface area contributed by atoms with Gasteiger partial charge in [-0.1, -0.05) is 57.4 Å². The fourth-order valence-electron chi connectivity index (χ4n) is 9.68. The Balaban J connectivity index is 1.73. The fraction of sp³-hybridized carbons (Fsp3) is 0.839. The van der Waals surface area contributed by atoms with Crippen LogP contribution in [0.4, 0.5) is 0 Å². The van der Waals surface area contributed by atoms with Crippen molar-refractivity contribution in [1.29, 1.82) is 0 Å². The summed E-state index contributed by atoms with van der Waals surface area (Å²) in [5.74, 6) is 0.710. The second-order valence-corrected chi connectivity index (χ2v) is 14.0. The maximum atomic E-state index is 12.9. The Bertz CT molecular complexity index is 892. The van der Waals surface area contributed by atoms with E-state index in [2.05, 4.69) is 54.5 Å². The monoisotopic (exact) mass is 470 g/mol. The van der Waals surface area contributed by atoms with Crippen LogP contribution in [0.5, 0.6) is 0 Å². The predicted octanol–water partition coefficient (Wildman–Crippen LogP) is 7.02. The molecule has 34 heavy (non-hydrogen) atoms. The molecule has 0 radical (unpaired) electrons. The first kappa shape index (κ1) is 26.1. The van der Waals surface area contributed by atoms with Gasteiger partial charge in [0.25, 0.3) is 0 Å². The molecule has 1 unspecified atom stereocenters. The molecular weight excluding hydrogens is 420 g/mol. The molecule has 3 nitrogen and oxygen atoms in total. The van der Waals surface area contributed by atoms with E-state index in [9.17, 15) is 15.0 Å². The van der Waals surface area contributed by atoms with Crippen molar-refractivity contribution < 1.29 is 15.0 Å². The van der Waals surface area contributed by atoms with Crippen LogP contribution in [0.2, 0.25) is 0 Å². The average molecular weight is 471 g/mol. The van der Waals surface area contributed by atoms with E-state index in [0.29, 0.717) is 5.92 Å². The number of Topliss-reactive ketones (excluding diaryl/α,β-unsaturated/α-hetero) is 1. The summed E-state index contributed by atoms with van der Waals surface area (Å²) in [4.78, 5) is 12.9. The lowest BCUT2D eigenvalue weighted by Crippen LogP contribution is -2.55. The van der Waals surface area contributed by atoms with E-state index in [4.69, 9.17) is 0 Å². The van der Waals surface area contributed by atoms with Crippen molar-refractivity contribution in [2.24, 2.45) is 39.4 Å².